The Kier molecular flexibility index (Phi) is 4.07. The van der Waals surface area contributed by atoms with Crippen LogP contribution < -0.4 is 0 Å². The number of rotatable bonds is 3. The Morgan fingerprint density at radius 3 is 2.50 bits per heavy atom. The summed E-state index contributed by atoms with van der Waals surface area (Å²) in [5.74, 6) is 0.363. The number of nitrogens with zero attached hydrogens (tertiary/aromatic N) is 1. The number of aromatic nitrogens is 1. The zero-order valence-corrected chi connectivity index (χ0v) is 16.0. The minimum atomic E-state index is -0.119. The van der Waals surface area contributed by atoms with E-state index in [1.807, 2.05) is 18.2 Å². The first kappa shape index (κ1) is 17.2. The van der Waals surface area contributed by atoms with Crippen molar-refractivity contribution in [3.8, 4) is 5.75 Å². The van der Waals surface area contributed by atoms with Crippen LogP contribution >= 0.6 is 0 Å². The summed E-state index contributed by atoms with van der Waals surface area (Å²) in [4.78, 5) is 0. The molecule has 1 N–H and O–H groups in total. The van der Waals surface area contributed by atoms with Crippen molar-refractivity contribution in [1.82, 2.24) is 4.57 Å². The maximum atomic E-state index is 10.6. The lowest BCUT2D eigenvalue weighted by Gasteiger charge is -2.28. The lowest BCUT2D eigenvalue weighted by atomic mass is 9.83. The van der Waals surface area contributed by atoms with Crippen LogP contribution in [-0.2, 0) is 11.8 Å². The van der Waals surface area contributed by atoms with Crippen molar-refractivity contribution in [3.05, 3.63) is 65.4 Å². The van der Waals surface area contributed by atoms with Gasteiger partial charge in [0.2, 0.25) is 0 Å². The van der Waals surface area contributed by atoms with Crippen molar-refractivity contribution in [2.75, 3.05) is 0 Å². The number of hydrogen-bond acceptors (Lipinski definition) is 2. The van der Waals surface area contributed by atoms with E-state index >= 15 is 0 Å². The number of fused-ring (bicyclic) bond motifs is 1. The molecule has 1 fully saturated rings. The molecular weight excluding hydrogens is 322 g/mol. The maximum absolute atomic E-state index is 10.6. The number of para-hydroxylation sites is 2. The molecular formula is C23H27NO2. The third-order valence-electron chi connectivity index (χ3n) is 5.90. The van der Waals surface area contributed by atoms with Gasteiger partial charge in [-0.2, -0.15) is 0 Å². The summed E-state index contributed by atoms with van der Waals surface area (Å²) in [6.45, 7) is 6.48. The fourth-order valence-electron chi connectivity index (χ4n) is 4.49. The summed E-state index contributed by atoms with van der Waals surface area (Å²) in [6, 6.07) is 16.2. The monoisotopic (exact) mass is 349 g/mol. The Bertz CT molecular complexity index is 954. The van der Waals surface area contributed by atoms with Crippen LogP contribution in [0, 0.1) is 6.92 Å². The van der Waals surface area contributed by atoms with Crippen molar-refractivity contribution >= 4 is 10.9 Å². The van der Waals surface area contributed by atoms with Gasteiger partial charge in [-0.05, 0) is 51.3 Å². The molecule has 1 aromatic heterocycles. The van der Waals surface area contributed by atoms with Gasteiger partial charge in [0.25, 0.3) is 0 Å². The first-order chi connectivity index (χ1) is 12.4. The fourth-order valence-corrected chi connectivity index (χ4v) is 4.49. The smallest absolute Gasteiger partial charge is 0.119 e. The fraction of sp³-hybridized carbons (Fsp3) is 0.391. The van der Waals surface area contributed by atoms with Crippen LogP contribution in [0.15, 0.2) is 48.5 Å². The number of aromatic hydroxyl groups is 1. The van der Waals surface area contributed by atoms with Crippen molar-refractivity contribution < 1.29 is 9.84 Å². The van der Waals surface area contributed by atoms with E-state index in [2.05, 4.69) is 56.7 Å². The van der Waals surface area contributed by atoms with Gasteiger partial charge in [0.15, 0.2) is 0 Å². The molecule has 0 amide bonds. The van der Waals surface area contributed by atoms with Crippen LogP contribution in [0.2, 0.25) is 0 Å². The summed E-state index contributed by atoms with van der Waals surface area (Å²) in [6.07, 6.45) is 2.09. The second kappa shape index (κ2) is 6.17. The highest BCUT2D eigenvalue weighted by Crippen LogP contribution is 2.46. The number of ether oxygens (including phenoxy) is 1. The van der Waals surface area contributed by atoms with Crippen molar-refractivity contribution in [2.45, 2.75) is 51.2 Å². The highest BCUT2D eigenvalue weighted by Gasteiger charge is 2.40. The van der Waals surface area contributed by atoms with Crippen LogP contribution in [0.5, 0.6) is 5.75 Å². The van der Waals surface area contributed by atoms with Crippen LogP contribution in [-0.4, -0.2) is 21.4 Å². The zero-order chi connectivity index (χ0) is 18.5. The van der Waals surface area contributed by atoms with Crippen LogP contribution in [0.25, 0.3) is 10.9 Å². The van der Waals surface area contributed by atoms with E-state index in [9.17, 15) is 5.11 Å². The van der Waals surface area contributed by atoms with Gasteiger partial charge < -0.3 is 14.4 Å². The average molecular weight is 349 g/mol. The van der Waals surface area contributed by atoms with Gasteiger partial charge in [-0.1, -0.05) is 36.4 Å². The molecule has 136 valence electrons. The predicted octanol–water partition coefficient (Wildman–Crippen LogP) is 5.28. The minimum absolute atomic E-state index is 0.0177. The van der Waals surface area contributed by atoms with E-state index in [-0.39, 0.29) is 17.6 Å². The molecule has 0 spiro atoms. The third-order valence-corrected chi connectivity index (χ3v) is 5.90. The highest BCUT2D eigenvalue weighted by atomic mass is 16.5. The Balaban J connectivity index is 1.96. The number of hydrogen-bond donors (Lipinski definition) is 1. The largest absolute Gasteiger partial charge is 0.508 e. The molecule has 0 bridgehead atoms. The minimum Gasteiger partial charge on any atom is -0.508 e. The average Bonchev–Trinajstić information content (AvgIpc) is 3.09. The van der Waals surface area contributed by atoms with Gasteiger partial charge in [-0.25, -0.2) is 0 Å². The zero-order valence-electron chi connectivity index (χ0n) is 16.0. The normalized spacial score (nSPS) is 20.5. The van der Waals surface area contributed by atoms with Crippen LogP contribution in [0.3, 0.4) is 0 Å². The Hall–Kier alpha value is -2.26. The molecule has 3 heteroatoms. The molecule has 3 aromatic rings. The van der Waals surface area contributed by atoms with E-state index in [1.54, 1.807) is 6.07 Å². The number of aryl methyl sites for hydroxylation is 1. The van der Waals surface area contributed by atoms with Crippen molar-refractivity contribution in [3.63, 3.8) is 0 Å². The molecule has 2 heterocycles. The molecule has 2 atom stereocenters. The standard InChI is InChI=1S/C23H27NO2/c1-15-21(16-9-5-7-11-18(16)24(15)4)22(17-10-6-8-12-19(17)25)20-13-14-23(2,3)26-20/h5-12,20,22,25H,13-14H2,1-4H3/t20-,22-/m1/s1. The molecule has 3 nitrogen and oxygen atoms in total. The lowest BCUT2D eigenvalue weighted by Crippen LogP contribution is -2.25. The number of phenolic OH excluding ortho intramolecular Hbond substituents is 1. The predicted molar refractivity (Wildman–Crippen MR) is 106 cm³/mol. The first-order valence-corrected chi connectivity index (χ1v) is 9.39. The summed E-state index contributed by atoms with van der Waals surface area (Å²) >= 11 is 0. The Morgan fingerprint density at radius 2 is 1.81 bits per heavy atom. The second-order valence-corrected chi connectivity index (χ2v) is 8.07. The van der Waals surface area contributed by atoms with Crippen LogP contribution in [0.1, 0.15) is 49.4 Å². The number of benzene rings is 2. The first-order valence-electron chi connectivity index (χ1n) is 9.39. The summed E-state index contributed by atoms with van der Waals surface area (Å²) in [5, 5.41) is 11.9. The van der Waals surface area contributed by atoms with Crippen LogP contribution in [0.4, 0.5) is 0 Å². The molecule has 0 aliphatic carbocycles. The maximum Gasteiger partial charge on any atom is 0.119 e. The van der Waals surface area contributed by atoms with Crippen molar-refractivity contribution in [2.24, 2.45) is 7.05 Å². The molecule has 2 aromatic carbocycles. The molecule has 0 saturated carbocycles. The molecule has 1 saturated heterocycles. The van der Waals surface area contributed by atoms with Gasteiger partial charge in [0.05, 0.1) is 11.7 Å². The lowest BCUT2D eigenvalue weighted by molar-refractivity contribution is -0.0217. The summed E-state index contributed by atoms with van der Waals surface area (Å²) in [5.41, 5.74) is 4.55. The molecule has 0 unspecified atom stereocenters. The van der Waals surface area contributed by atoms with E-state index in [1.165, 1.54) is 22.2 Å². The molecule has 0 radical (unpaired) electrons. The van der Waals surface area contributed by atoms with Gasteiger partial charge >= 0.3 is 0 Å². The third kappa shape index (κ3) is 2.71. The topological polar surface area (TPSA) is 34.4 Å². The number of phenols is 1. The van der Waals surface area contributed by atoms with E-state index in [0.717, 1.165) is 18.4 Å². The van der Waals surface area contributed by atoms with Gasteiger partial charge in [-0.3, -0.25) is 0 Å². The second-order valence-electron chi connectivity index (χ2n) is 8.07. The van der Waals surface area contributed by atoms with E-state index < -0.39 is 0 Å². The highest BCUT2D eigenvalue weighted by molar-refractivity contribution is 5.86. The van der Waals surface area contributed by atoms with Crippen molar-refractivity contribution in [1.29, 1.82) is 0 Å². The van der Waals surface area contributed by atoms with Gasteiger partial charge in [0.1, 0.15) is 5.75 Å². The SMILES string of the molecule is Cc1c([C@H](c2ccccc2O)[C@H]2CCC(C)(C)O2)c2ccccc2n1C. The van der Waals surface area contributed by atoms with E-state index in [4.69, 9.17) is 4.74 Å². The molecule has 26 heavy (non-hydrogen) atoms. The Labute approximate surface area is 155 Å². The van der Waals surface area contributed by atoms with Gasteiger partial charge in [0, 0.05) is 35.1 Å². The van der Waals surface area contributed by atoms with E-state index in [0.29, 0.717) is 5.75 Å². The molecule has 1 aliphatic rings. The Morgan fingerprint density at radius 1 is 1.12 bits per heavy atom. The molecule has 1 aliphatic heterocycles. The summed E-state index contributed by atoms with van der Waals surface area (Å²) in [7, 11) is 2.11. The molecule has 4 rings (SSSR count). The quantitative estimate of drug-likeness (QED) is 0.698. The van der Waals surface area contributed by atoms with Gasteiger partial charge in [-0.15, -0.1) is 0 Å². The summed E-state index contributed by atoms with van der Waals surface area (Å²) < 4.78 is 8.72.